The van der Waals surface area contributed by atoms with Crippen molar-refractivity contribution >= 4 is 18.0 Å². The van der Waals surface area contributed by atoms with Crippen molar-refractivity contribution in [2.75, 3.05) is 13.1 Å². The zero-order chi connectivity index (χ0) is 14.7. The predicted molar refractivity (Wildman–Crippen MR) is 69.2 cm³/mol. The van der Waals surface area contributed by atoms with Gasteiger partial charge in [0.25, 0.3) is 0 Å². The standard InChI is InChI=1S/C13H20N2O5/c16-11(17)5-10(12(18)19)14-13(20)15(6-8-1-2-8)7-9-3-4-9/h8-10H,1-7H2,(H,14,20)(H,16,17)(H,18,19)/t10-/m1/s1. The summed E-state index contributed by atoms with van der Waals surface area (Å²) in [6.45, 7) is 1.28. The summed E-state index contributed by atoms with van der Waals surface area (Å²) in [5.41, 5.74) is 0. The molecule has 2 aliphatic rings. The average molecular weight is 284 g/mol. The molecule has 2 amide bonds. The van der Waals surface area contributed by atoms with Crippen LogP contribution in [0.25, 0.3) is 0 Å². The quantitative estimate of drug-likeness (QED) is 0.609. The molecule has 2 saturated carbocycles. The summed E-state index contributed by atoms with van der Waals surface area (Å²) in [6, 6.07) is -1.83. The molecule has 0 aromatic rings. The van der Waals surface area contributed by atoms with Crippen LogP contribution in [0.4, 0.5) is 4.79 Å². The topological polar surface area (TPSA) is 107 Å². The maximum absolute atomic E-state index is 12.1. The molecular weight excluding hydrogens is 264 g/mol. The van der Waals surface area contributed by atoms with E-state index in [1.165, 1.54) is 0 Å². The Hall–Kier alpha value is -1.79. The third kappa shape index (κ3) is 4.71. The first kappa shape index (κ1) is 14.6. The second-order valence-corrected chi connectivity index (χ2v) is 5.73. The smallest absolute Gasteiger partial charge is 0.326 e. The monoisotopic (exact) mass is 284 g/mol. The second-order valence-electron chi connectivity index (χ2n) is 5.73. The highest BCUT2D eigenvalue weighted by Crippen LogP contribution is 2.33. The predicted octanol–water partition coefficient (Wildman–Crippen LogP) is 0.746. The Balaban J connectivity index is 1.89. The van der Waals surface area contributed by atoms with Gasteiger partial charge >= 0.3 is 18.0 Å². The molecule has 7 nitrogen and oxygen atoms in total. The minimum atomic E-state index is -1.37. The first-order valence-electron chi connectivity index (χ1n) is 6.95. The molecule has 0 spiro atoms. The van der Waals surface area contributed by atoms with Gasteiger partial charge in [0.2, 0.25) is 0 Å². The Morgan fingerprint density at radius 2 is 1.55 bits per heavy atom. The summed E-state index contributed by atoms with van der Waals surface area (Å²) in [6.07, 6.45) is 3.80. The van der Waals surface area contributed by atoms with Crippen molar-refractivity contribution in [1.29, 1.82) is 0 Å². The zero-order valence-electron chi connectivity index (χ0n) is 11.2. The number of rotatable bonds is 8. The molecule has 1 atom stereocenters. The number of carboxylic acids is 2. The first-order chi connectivity index (χ1) is 9.45. The molecular formula is C13H20N2O5. The Labute approximate surface area is 116 Å². The molecule has 2 aliphatic carbocycles. The molecule has 0 aromatic carbocycles. The van der Waals surface area contributed by atoms with Crippen LogP contribution < -0.4 is 5.32 Å². The summed E-state index contributed by atoms with van der Waals surface area (Å²) in [7, 11) is 0. The fourth-order valence-electron chi connectivity index (χ4n) is 2.08. The van der Waals surface area contributed by atoms with Crippen molar-refractivity contribution < 1.29 is 24.6 Å². The van der Waals surface area contributed by atoms with Gasteiger partial charge in [0.1, 0.15) is 6.04 Å². The van der Waals surface area contributed by atoms with Gasteiger partial charge in [0.05, 0.1) is 6.42 Å². The van der Waals surface area contributed by atoms with E-state index >= 15 is 0 Å². The van der Waals surface area contributed by atoms with Crippen molar-refractivity contribution in [3.8, 4) is 0 Å². The summed E-state index contributed by atoms with van der Waals surface area (Å²) in [4.78, 5) is 35.3. The van der Waals surface area contributed by atoms with E-state index in [0.717, 1.165) is 25.7 Å². The normalized spacial score (nSPS) is 19.2. The Kier molecular flexibility index (Phi) is 4.46. The maximum Gasteiger partial charge on any atom is 0.326 e. The number of nitrogens with one attached hydrogen (secondary N) is 1. The van der Waals surface area contributed by atoms with Gasteiger partial charge in [-0.1, -0.05) is 0 Å². The van der Waals surface area contributed by atoms with E-state index in [4.69, 9.17) is 10.2 Å². The molecule has 0 unspecified atom stereocenters. The number of hydrogen-bond acceptors (Lipinski definition) is 3. The molecule has 0 heterocycles. The number of carbonyl (C=O) groups is 3. The van der Waals surface area contributed by atoms with Crippen LogP contribution in [0.3, 0.4) is 0 Å². The van der Waals surface area contributed by atoms with Crippen LogP contribution in [0, 0.1) is 11.8 Å². The molecule has 7 heteroatoms. The van der Waals surface area contributed by atoms with E-state index in [-0.39, 0.29) is 0 Å². The van der Waals surface area contributed by atoms with Crippen molar-refractivity contribution in [1.82, 2.24) is 10.2 Å². The lowest BCUT2D eigenvalue weighted by Crippen LogP contribution is -2.49. The van der Waals surface area contributed by atoms with Gasteiger partial charge in [-0.2, -0.15) is 0 Å². The number of carboxylic acid groups (broad SMARTS) is 2. The molecule has 112 valence electrons. The highest BCUT2D eigenvalue weighted by atomic mass is 16.4. The minimum absolute atomic E-state index is 0.461. The van der Waals surface area contributed by atoms with Gasteiger partial charge < -0.3 is 20.4 Å². The molecule has 2 rings (SSSR count). The van der Waals surface area contributed by atoms with Crippen LogP contribution in [0.1, 0.15) is 32.1 Å². The summed E-state index contributed by atoms with van der Waals surface area (Å²) < 4.78 is 0. The Morgan fingerprint density at radius 1 is 1.05 bits per heavy atom. The van der Waals surface area contributed by atoms with E-state index in [2.05, 4.69) is 5.32 Å². The number of carbonyl (C=O) groups excluding carboxylic acids is 1. The summed E-state index contributed by atoms with van der Waals surface area (Å²) >= 11 is 0. The Bertz CT molecular complexity index is 390. The lowest BCUT2D eigenvalue weighted by atomic mass is 10.2. The molecule has 0 saturated heterocycles. The van der Waals surface area contributed by atoms with Gasteiger partial charge in [-0.15, -0.1) is 0 Å². The van der Waals surface area contributed by atoms with Crippen molar-refractivity contribution in [3.05, 3.63) is 0 Å². The van der Waals surface area contributed by atoms with Crippen LogP contribution >= 0.6 is 0 Å². The van der Waals surface area contributed by atoms with E-state index in [0.29, 0.717) is 24.9 Å². The maximum atomic E-state index is 12.1. The van der Waals surface area contributed by atoms with Crippen molar-refractivity contribution in [2.45, 2.75) is 38.1 Å². The summed E-state index contributed by atoms with van der Waals surface area (Å²) in [5.74, 6) is -1.53. The van der Waals surface area contributed by atoms with E-state index in [9.17, 15) is 14.4 Å². The van der Waals surface area contributed by atoms with E-state index < -0.39 is 30.4 Å². The number of urea groups is 1. The van der Waals surface area contributed by atoms with Crippen LogP contribution in [0.5, 0.6) is 0 Å². The third-order valence-corrected chi connectivity index (χ3v) is 3.61. The molecule has 0 bridgehead atoms. The number of nitrogens with zero attached hydrogens (tertiary/aromatic N) is 1. The van der Waals surface area contributed by atoms with Crippen molar-refractivity contribution in [2.24, 2.45) is 11.8 Å². The van der Waals surface area contributed by atoms with Crippen molar-refractivity contribution in [3.63, 3.8) is 0 Å². The van der Waals surface area contributed by atoms with Crippen LogP contribution in [-0.4, -0.2) is 52.2 Å². The molecule has 3 N–H and O–H groups in total. The van der Waals surface area contributed by atoms with Gasteiger partial charge in [-0.3, -0.25) is 4.79 Å². The van der Waals surface area contributed by atoms with E-state index in [1.807, 2.05) is 0 Å². The lowest BCUT2D eigenvalue weighted by molar-refractivity contribution is -0.145. The number of hydrogen-bond donors (Lipinski definition) is 3. The fraction of sp³-hybridized carbons (Fsp3) is 0.769. The first-order valence-corrected chi connectivity index (χ1v) is 6.95. The Morgan fingerprint density at radius 3 is 1.90 bits per heavy atom. The summed E-state index contributed by atoms with van der Waals surface area (Å²) in [5, 5.41) is 19.9. The molecule has 0 radical (unpaired) electrons. The largest absolute Gasteiger partial charge is 0.481 e. The van der Waals surface area contributed by atoms with Gasteiger partial charge in [-0.05, 0) is 37.5 Å². The highest BCUT2D eigenvalue weighted by molar-refractivity contribution is 5.86. The van der Waals surface area contributed by atoms with Gasteiger partial charge in [0, 0.05) is 13.1 Å². The highest BCUT2D eigenvalue weighted by Gasteiger charge is 2.33. The molecule has 2 fully saturated rings. The molecule has 0 aliphatic heterocycles. The van der Waals surface area contributed by atoms with Gasteiger partial charge in [-0.25, -0.2) is 9.59 Å². The van der Waals surface area contributed by atoms with E-state index in [1.54, 1.807) is 4.90 Å². The fourth-order valence-corrected chi connectivity index (χ4v) is 2.08. The molecule has 20 heavy (non-hydrogen) atoms. The van der Waals surface area contributed by atoms with Crippen LogP contribution in [0.15, 0.2) is 0 Å². The number of amides is 2. The zero-order valence-corrected chi connectivity index (χ0v) is 11.2. The minimum Gasteiger partial charge on any atom is -0.481 e. The SMILES string of the molecule is O=C(O)C[C@@H](NC(=O)N(CC1CC1)CC1CC1)C(=O)O. The lowest BCUT2D eigenvalue weighted by Gasteiger charge is -2.24. The number of aliphatic carboxylic acids is 2. The third-order valence-electron chi connectivity index (χ3n) is 3.61. The molecule has 0 aromatic heterocycles. The second kappa shape index (κ2) is 6.11. The van der Waals surface area contributed by atoms with Crippen LogP contribution in [-0.2, 0) is 9.59 Å². The van der Waals surface area contributed by atoms with Crippen LogP contribution in [0.2, 0.25) is 0 Å². The average Bonchev–Trinajstić information content (AvgIpc) is 3.21. The van der Waals surface area contributed by atoms with Gasteiger partial charge in [0.15, 0.2) is 0 Å².